The van der Waals surface area contributed by atoms with Crippen LogP contribution in [0.3, 0.4) is 0 Å². The number of carbonyl (C=O) groups excluding carboxylic acids is 1. The molecule has 1 atom stereocenters. The molecule has 1 saturated heterocycles. The number of hydrogen-bond acceptors (Lipinski definition) is 5. The molecule has 2 amide bonds. The Balaban J connectivity index is 1.61. The zero-order chi connectivity index (χ0) is 22.5. The molecule has 0 bridgehead atoms. The zero-order valence-electron chi connectivity index (χ0n) is 18.2. The average molecular weight is 437 g/mol. The number of nitrogens with one attached hydrogen (secondary N) is 2. The number of aryl methyl sites for hydroxylation is 1. The van der Waals surface area contributed by atoms with E-state index >= 15 is 0 Å². The molecular formula is C24H27N3O5. The Morgan fingerprint density at radius 1 is 1.22 bits per heavy atom. The third-order valence-electron chi connectivity index (χ3n) is 5.38. The number of rotatable bonds is 6. The van der Waals surface area contributed by atoms with Gasteiger partial charge in [0.2, 0.25) is 0 Å². The van der Waals surface area contributed by atoms with Crippen LogP contribution in [0.4, 0.5) is 10.5 Å². The normalized spacial score (nSPS) is 16.0. The highest BCUT2D eigenvalue weighted by Crippen LogP contribution is 2.24. The molecule has 0 radical (unpaired) electrons. The molecule has 1 aliphatic heterocycles. The van der Waals surface area contributed by atoms with Crippen LogP contribution in [0.25, 0.3) is 10.9 Å². The predicted molar refractivity (Wildman–Crippen MR) is 122 cm³/mol. The molecular weight excluding hydrogens is 410 g/mol. The summed E-state index contributed by atoms with van der Waals surface area (Å²) in [4.78, 5) is 30.5. The van der Waals surface area contributed by atoms with Gasteiger partial charge in [-0.05, 0) is 42.6 Å². The third-order valence-corrected chi connectivity index (χ3v) is 5.38. The first-order valence-corrected chi connectivity index (χ1v) is 10.5. The average Bonchev–Trinajstić information content (AvgIpc) is 2.80. The number of aromatic amines is 1. The maximum Gasteiger partial charge on any atom is 0.322 e. The number of benzene rings is 2. The number of aromatic nitrogens is 1. The Morgan fingerprint density at radius 3 is 2.84 bits per heavy atom. The molecule has 168 valence electrons. The van der Waals surface area contributed by atoms with Crippen LogP contribution in [0.15, 0.2) is 53.3 Å². The van der Waals surface area contributed by atoms with E-state index in [1.165, 1.54) is 0 Å². The molecule has 32 heavy (non-hydrogen) atoms. The number of amides is 2. The van der Waals surface area contributed by atoms with E-state index in [4.69, 9.17) is 14.2 Å². The van der Waals surface area contributed by atoms with Crippen LogP contribution in [0.2, 0.25) is 0 Å². The number of pyridine rings is 1. The summed E-state index contributed by atoms with van der Waals surface area (Å²) in [5, 5.41) is 3.81. The van der Waals surface area contributed by atoms with Crippen LogP contribution in [0.5, 0.6) is 5.75 Å². The SMILES string of the molecule is COc1ccccc1NC(=O)N(Cc1cc2cc(C)ccc2[nH]c1=O)CC1COCCO1. The van der Waals surface area contributed by atoms with Crippen molar-refractivity contribution in [3.05, 3.63) is 70.0 Å². The number of fused-ring (bicyclic) bond motifs is 1. The standard InChI is InChI=1S/C24H27N3O5/c1-16-7-8-20-17(11-16)12-18(23(28)25-20)13-27(14-19-15-31-9-10-32-19)24(29)26-21-5-3-4-6-22(21)30-2/h3-8,11-12,19H,9-10,13-15H2,1-2H3,(H,25,28)(H,26,29). The van der Waals surface area contributed by atoms with E-state index in [9.17, 15) is 9.59 Å². The molecule has 1 aliphatic rings. The lowest BCUT2D eigenvalue weighted by molar-refractivity contribution is -0.0943. The van der Waals surface area contributed by atoms with Gasteiger partial charge in [0.15, 0.2) is 0 Å². The number of nitrogens with zero attached hydrogens (tertiary/aromatic N) is 1. The number of methoxy groups -OCH3 is 1. The van der Waals surface area contributed by atoms with Gasteiger partial charge in [-0.25, -0.2) is 4.79 Å². The minimum absolute atomic E-state index is 0.125. The van der Waals surface area contributed by atoms with E-state index in [1.807, 2.05) is 43.3 Å². The van der Waals surface area contributed by atoms with Crippen molar-refractivity contribution in [3.8, 4) is 5.75 Å². The fourth-order valence-corrected chi connectivity index (χ4v) is 3.74. The van der Waals surface area contributed by atoms with Crippen LogP contribution in [-0.4, -0.2) is 55.5 Å². The van der Waals surface area contributed by atoms with Gasteiger partial charge in [0.25, 0.3) is 5.56 Å². The minimum Gasteiger partial charge on any atom is -0.495 e. The summed E-state index contributed by atoms with van der Waals surface area (Å²) >= 11 is 0. The lowest BCUT2D eigenvalue weighted by Gasteiger charge is -2.30. The maximum absolute atomic E-state index is 13.2. The van der Waals surface area contributed by atoms with Gasteiger partial charge in [-0.2, -0.15) is 0 Å². The molecule has 4 rings (SSSR count). The summed E-state index contributed by atoms with van der Waals surface area (Å²) in [6.45, 7) is 3.81. The Kier molecular flexibility index (Phi) is 6.72. The summed E-state index contributed by atoms with van der Waals surface area (Å²) in [6, 6.07) is 14.5. The fraction of sp³-hybridized carbons (Fsp3) is 0.333. The van der Waals surface area contributed by atoms with E-state index in [0.29, 0.717) is 36.8 Å². The number of hydrogen-bond donors (Lipinski definition) is 2. The van der Waals surface area contributed by atoms with Crippen LogP contribution in [0.1, 0.15) is 11.1 Å². The minimum atomic E-state index is -0.354. The molecule has 0 aliphatic carbocycles. The Hall–Kier alpha value is -3.36. The first-order valence-electron chi connectivity index (χ1n) is 10.5. The molecule has 1 unspecified atom stereocenters. The molecule has 2 heterocycles. The van der Waals surface area contributed by atoms with Crippen LogP contribution >= 0.6 is 0 Å². The Bertz CT molecular complexity index is 1150. The van der Waals surface area contributed by atoms with Crippen molar-refractivity contribution >= 4 is 22.6 Å². The third kappa shape index (κ3) is 5.09. The zero-order valence-corrected chi connectivity index (χ0v) is 18.2. The lowest BCUT2D eigenvalue weighted by Crippen LogP contribution is -2.44. The Morgan fingerprint density at radius 2 is 2.06 bits per heavy atom. The predicted octanol–water partition coefficient (Wildman–Crippen LogP) is 3.29. The number of anilines is 1. The first kappa shape index (κ1) is 21.9. The van der Waals surface area contributed by atoms with Gasteiger partial charge in [0.1, 0.15) is 5.75 Å². The van der Waals surface area contributed by atoms with Crippen LogP contribution in [-0.2, 0) is 16.0 Å². The molecule has 1 fully saturated rings. The molecule has 0 spiro atoms. The van der Waals surface area contributed by atoms with E-state index in [0.717, 1.165) is 16.5 Å². The summed E-state index contributed by atoms with van der Waals surface area (Å²) in [7, 11) is 1.55. The van der Waals surface area contributed by atoms with Crippen molar-refractivity contribution < 1.29 is 19.0 Å². The number of para-hydroxylation sites is 2. The quantitative estimate of drug-likeness (QED) is 0.617. The number of H-pyrrole nitrogens is 1. The lowest BCUT2D eigenvalue weighted by atomic mass is 10.1. The summed E-state index contributed by atoms with van der Waals surface area (Å²) in [6.07, 6.45) is -0.269. The van der Waals surface area contributed by atoms with E-state index in [-0.39, 0.29) is 30.8 Å². The van der Waals surface area contributed by atoms with Crippen molar-refractivity contribution in [2.75, 3.05) is 38.8 Å². The molecule has 0 saturated carbocycles. The second kappa shape index (κ2) is 9.84. The van der Waals surface area contributed by atoms with Gasteiger partial charge in [-0.3, -0.25) is 4.79 Å². The van der Waals surface area contributed by atoms with Gasteiger partial charge in [0, 0.05) is 11.1 Å². The second-order valence-corrected chi connectivity index (χ2v) is 7.79. The number of ether oxygens (including phenoxy) is 3. The Labute approximate surface area is 186 Å². The molecule has 3 aromatic rings. The van der Waals surface area contributed by atoms with Crippen LogP contribution < -0.4 is 15.6 Å². The van der Waals surface area contributed by atoms with E-state index in [1.54, 1.807) is 24.1 Å². The number of urea groups is 1. The van der Waals surface area contributed by atoms with Gasteiger partial charge < -0.3 is 29.4 Å². The summed E-state index contributed by atoms with van der Waals surface area (Å²) in [5.74, 6) is 0.553. The highest BCUT2D eigenvalue weighted by Gasteiger charge is 2.24. The van der Waals surface area contributed by atoms with Crippen molar-refractivity contribution in [2.24, 2.45) is 0 Å². The van der Waals surface area contributed by atoms with Crippen molar-refractivity contribution in [1.82, 2.24) is 9.88 Å². The highest BCUT2D eigenvalue weighted by molar-refractivity contribution is 5.91. The molecule has 8 nitrogen and oxygen atoms in total. The van der Waals surface area contributed by atoms with Gasteiger partial charge in [0.05, 0.1) is 51.8 Å². The van der Waals surface area contributed by atoms with Crippen molar-refractivity contribution in [3.63, 3.8) is 0 Å². The van der Waals surface area contributed by atoms with Crippen molar-refractivity contribution in [2.45, 2.75) is 19.6 Å². The van der Waals surface area contributed by atoms with Crippen LogP contribution in [0, 0.1) is 6.92 Å². The molecule has 1 aromatic heterocycles. The van der Waals surface area contributed by atoms with Gasteiger partial charge >= 0.3 is 6.03 Å². The maximum atomic E-state index is 13.2. The first-order chi connectivity index (χ1) is 15.5. The van der Waals surface area contributed by atoms with Crippen molar-refractivity contribution in [1.29, 1.82) is 0 Å². The van der Waals surface area contributed by atoms with Gasteiger partial charge in [-0.1, -0.05) is 23.8 Å². The van der Waals surface area contributed by atoms with E-state index in [2.05, 4.69) is 10.3 Å². The molecule has 2 N–H and O–H groups in total. The molecule has 8 heteroatoms. The largest absolute Gasteiger partial charge is 0.495 e. The monoisotopic (exact) mass is 437 g/mol. The topological polar surface area (TPSA) is 92.9 Å². The molecule has 2 aromatic carbocycles. The summed E-state index contributed by atoms with van der Waals surface area (Å²) < 4.78 is 16.6. The summed E-state index contributed by atoms with van der Waals surface area (Å²) in [5.41, 5.74) is 2.67. The van der Waals surface area contributed by atoms with E-state index < -0.39 is 0 Å². The second-order valence-electron chi connectivity index (χ2n) is 7.79. The fourth-order valence-electron chi connectivity index (χ4n) is 3.74. The highest BCUT2D eigenvalue weighted by atomic mass is 16.6. The smallest absolute Gasteiger partial charge is 0.322 e. The van der Waals surface area contributed by atoms with Gasteiger partial charge in [-0.15, -0.1) is 0 Å². The number of carbonyl (C=O) groups is 1.